The van der Waals surface area contributed by atoms with Crippen LogP contribution in [0.4, 0.5) is 0 Å². The van der Waals surface area contributed by atoms with Crippen LogP contribution in [0.15, 0.2) is 120 Å². The molecule has 3 nitrogen and oxygen atoms in total. The van der Waals surface area contributed by atoms with E-state index in [1.165, 1.54) is 31.2 Å². The first-order chi connectivity index (χ1) is 17.9. The average Bonchev–Trinajstić information content (AvgIpc) is 2.93. The molecule has 0 fully saturated rings. The van der Waals surface area contributed by atoms with Crippen molar-refractivity contribution >= 4 is 3.34 Å². The summed E-state index contributed by atoms with van der Waals surface area (Å²) in [5.41, 5.74) is 7.72. The van der Waals surface area contributed by atoms with Gasteiger partial charge in [-0.1, -0.05) is 0 Å². The molecule has 0 heterocycles. The summed E-state index contributed by atoms with van der Waals surface area (Å²) in [4.78, 5) is 7.67. The standard InChI is InChI=1S/C33H40N3.Hg/c1-6-28(23-20-27(4)29-21-18-26(3)19-22-29)32(24-34-7-2)35-25-36(5)33(30-14-10-8-11-15-30)31-16-12-9-13-17-31;/h6-12,14-16,18-19,21-22,27,33-34H,1-2,13,17,20,23-24H2,3-5H3;/b32-28+,35-25?;. The normalized spacial score (nSPS) is 15.8. The second-order valence-corrected chi connectivity index (χ2v) is 12.2. The number of nitrogens with one attached hydrogen (secondary N) is 1. The fourth-order valence-corrected chi connectivity index (χ4v) is 6.20. The molecule has 0 aromatic heterocycles. The maximum atomic E-state index is 5.27. The molecule has 2 aromatic carbocycles. The van der Waals surface area contributed by atoms with Crippen molar-refractivity contribution in [3.05, 3.63) is 132 Å². The van der Waals surface area contributed by atoms with E-state index >= 15 is 0 Å². The Kier molecular flexibility index (Phi) is 11.7. The van der Waals surface area contributed by atoms with Crippen LogP contribution in [0.25, 0.3) is 0 Å². The maximum absolute atomic E-state index is 5.27. The first-order valence-electron chi connectivity index (χ1n) is 13.2. The zero-order chi connectivity index (χ0) is 26.6. The van der Waals surface area contributed by atoms with Gasteiger partial charge in [0.05, 0.1) is 0 Å². The van der Waals surface area contributed by atoms with E-state index in [0.29, 0.717) is 38.6 Å². The van der Waals surface area contributed by atoms with E-state index in [0.717, 1.165) is 31.4 Å². The summed E-state index contributed by atoms with van der Waals surface area (Å²) in [6.45, 7) is 13.1. The molecular weight excluding hydrogens is 639 g/mol. The molecule has 0 aliphatic heterocycles. The van der Waals surface area contributed by atoms with Crippen LogP contribution in [0.5, 0.6) is 0 Å². The van der Waals surface area contributed by atoms with Gasteiger partial charge in [0.25, 0.3) is 0 Å². The summed E-state index contributed by atoms with van der Waals surface area (Å²) < 4.78 is 1.18. The average molecular weight is 679 g/mol. The molecule has 2 atom stereocenters. The summed E-state index contributed by atoms with van der Waals surface area (Å²) in [5.74, 6) is 0.476. The molecule has 0 spiro atoms. The first kappa shape index (κ1) is 28.9. The third-order valence-electron chi connectivity index (χ3n) is 7.10. The van der Waals surface area contributed by atoms with Gasteiger partial charge in [-0.25, -0.2) is 0 Å². The van der Waals surface area contributed by atoms with Gasteiger partial charge in [-0.05, 0) is 0 Å². The third-order valence-corrected chi connectivity index (χ3v) is 9.65. The number of benzene rings is 2. The second kappa shape index (κ2) is 14.9. The zero-order valence-corrected chi connectivity index (χ0v) is 28.3. The Labute approximate surface area is 240 Å². The molecule has 1 N–H and O–H groups in total. The minimum absolute atomic E-state index is 0.199. The van der Waals surface area contributed by atoms with Crippen molar-refractivity contribution in [3.63, 3.8) is 0 Å². The van der Waals surface area contributed by atoms with Crippen molar-refractivity contribution < 1.29 is 26.1 Å². The van der Waals surface area contributed by atoms with E-state index < -0.39 is 0 Å². The van der Waals surface area contributed by atoms with Gasteiger partial charge >= 0.3 is 242 Å². The minimum atomic E-state index is 0.199. The Morgan fingerprint density at radius 2 is 1.84 bits per heavy atom. The number of aryl methyl sites for hydroxylation is 1. The number of hydrogen-bond donors (Lipinski definition) is 1. The molecule has 4 heteroatoms. The molecule has 2 aromatic rings. The van der Waals surface area contributed by atoms with Crippen LogP contribution in [0.3, 0.4) is 0 Å². The van der Waals surface area contributed by atoms with Crippen molar-refractivity contribution in [3.8, 4) is 0 Å². The van der Waals surface area contributed by atoms with E-state index in [1.807, 2.05) is 6.08 Å². The van der Waals surface area contributed by atoms with Gasteiger partial charge in [-0.3, -0.25) is 0 Å². The summed E-state index contributed by atoms with van der Waals surface area (Å²) >= 11 is 0.326. The van der Waals surface area contributed by atoms with Crippen molar-refractivity contribution in [2.24, 2.45) is 4.99 Å². The fourth-order valence-electron chi connectivity index (χ4n) is 4.75. The van der Waals surface area contributed by atoms with E-state index in [2.05, 4.69) is 117 Å². The number of allylic oxidation sites excluding steroid dienone is 5. The van der Waals surface area contributed by atoms with Crippen molar-refractivity contribution in [2.45, 2.75) is 51.5 Å². The van der Waals surface area contributed by atoms with Gasteiger partial charge in [0.1, 0.15) is 0 Å². The molecule has 1 aliphatic rings. The number of amidine groups is 1. The molecule has 0 bridgehead atoms. The van der Waals surface area contributed by atoms with E-state index in [1.54, 1.807) is 6.20 Å². The Morgan fingerprint density at radius 3 is 2.46 bits per heavy atom. The van der Waals surface area contributed by atoms with Gasteiger partial charge in [0.15, 0.2) is 0 Å². The Bertz CT molecular complexity index is 1160. The zero-order valence-electron chi connectivity index (χ0n) is 22.8. The van der Waals surface area contributed by atoms with E-state index in [-0.39, 0.29) is 6.04 Å². The molecule has 0 amide bonds. The van der Waals surface area contributed by atoms with Crippen LogP contribution in [0, 0.1) is 6.92 Å². The third kappa shape index (κ3) is 8.43. The SMILES string of the molecule is C=CNC/C(N=[C]([Hg])N(C)C(C1=CC=CCC1)c1ccccc1)=C(/C=C)CCC(C)c1ccc(C)cc1. The summed E-state index contributed by atoms with van der Waals surface area (Å²) in [7, 11) is 2.20. The quantitative estimate of drug-likeness (QED) is 0.107. The molecule has 3 rings (SSSR count). The number of aliphatic imine (C=N–C) groups is 1. The predicted molar refractivity (Wildman–Crippen MR) is 155 cm³/mol. The van der Waals surface area contributed by atoms with Crippen molar-refractivity contribution in [2.75, 3.05) is 13.6 Å². The summed E-state index contributed by atoms with van der Waals surface area (Å²) in [6, 6.07) is 19.9. The molecular formula is C33H40HgN3. The van der Waals surface area contributed by atoms with Gasteiger partial charge in [0.2, 0.25) is 0 Å². The van der Waals surface area contributed by atoms with Crippen LogP contribution >= 0.6 is 0 Å². The molecule has 0 saturated heterocycles. The molecule has 189 valence electrons. The van der Waals surface area contributed by atoms with Crippen molar-refractivity contribution in [1.29, 1.82) is 0 Å². The van der Waals surface area contributed by atoms with Crippen LogP contribution in [0.1, 0.15) is 61.3 Å². The Balaban J connectivity index is 1.89. The number of nitrogens with zero attached hydrogens (tertiary/aromatic N) is 2. The van der Waals surface area contributed by atoms with Gasteiger partial charge < -0.3 is 0 Å². The van der Waals surface area contributed by atoms with Crippen LogP contribution < -0.4 is 5.32 Å². The van der Waals surface area contributed by atoms with Crippen molar-refractivity contribution in [1.82, 2.24) is 10.2 Å². The Morgan fingerprint density at radius 1 is 1.11 bits per heavy atom. The summed E-state index contributed by atoms with van der Waals surface area (Å²) in [6.07, 6.45) is 14.7. The van der Waals surface area contributed by atoms with Crippen LogP contribution in [-0.4, -0.2) is 21.8 Å². The van der Waals surface area contributed by atoms with Gasteiger partial charge in [-0.15, -0.1) is 0 Å². The Hall–Kier alpha value is -2.65. The van der Waals surface area contributed by atoms with Gasteiger partial charge in [0, 0.05) is 0 Å². The molecule has 1 aliphatic carbocycles. The monoisotopic (exact) mass is 680 g/mol. The number of likely N-dealkylation sites (N-methyl/N-ethyl adjacent to an activating group) is 1. The number of hydrogen-bond acceptors (Lipinski definition) is 2. The number of rotatable bonds is 12. The topological polar surface area (TPSA) is 27.6 Å². The van der Waals surface area contributed by atoms with Crippen LogP contribution in [0.2, 0.25) is 0 Å². The first-order valence-corrected chi connectivity index (χ1v) is 16.0. The van der Waals surface area contributed by atoms with E-state index in [4.69, 9.17) is 4.99 Å². The molecule has 37 heavy (non-hydrogen) atoms. The fraction of sp³-hybridized carbons (Fsp3) is 0.303. The molecule has 2 unspecified atom stereocenters. The van der Waals surface area contributed by atoms with Gasteiger partial charge in [-0.2, -0.15) is 0 Å². The van der Waals surface area contributed by atoms with Crippen LogP contribution in [-0.2, 0) is 26.1 Å². The van der Waals surface area contributed by atoms with E-state index in [9.17, 15) is 0 Å². The second-order valence-electron chi connectivity index (χ2n) is 9.77. The predicted octanol–water partition coefficient (Wildman–Crippen LogP) is 7.90. The molecule has 0 radical (unpaired) electrons. The molecule has 0 saturated carbocycles. The summed E-state index contributed by atoms with van der Waals surface area (Å²) in [5, 5.41) is 3.29.